The van der Waals surface area contributed by atoms with E-state index in [0.29, 0.717) is 22.9 Å². The van der Waals surface area contributed by atoms with Crippen LogP contribution in [-0.4, -0.2) is 34.4 Å². The molecule has 0 bridgehead atoms. The summed E-state index contributed by atoms with van der Waals surface area (Å²) in [5.74, 6) is -0.736. The summed E-state index contributed by atoms with van der Waals surface area (Å²) in [7, 11) is 0. The molecule has 3 aromatic rings. The number of fused-ring (bicyclic) bond motifs is 2. The Labute approximate surface area is 246 Å². The van der Waals surface area contributed by atoms with Crippen molar-refractivity contribution in [3.05, 3.63) is 48.6 Å². The van der Waals surface area contributed by atoms with Crippen molar-refractivity contribution in [1.82, 2.24) is 9.78 Å². The number of hydrogen-bond donors (Lipinski definition) is 2. The van der Waals surface area contributed by atoms with Crippen molar-refractivity contribution < 1.29 is 27.5 Å². The molecular weight excluding hydrogens is 629 g/mol. The van der Waals surface area contributed by atoms with Crippen LogP contribution in [0.4, 0.5) is 24.0 Å². The number of nitrogens with one attached hydrogen (secondary N) is 2. The summed E-state index contributed by atoms with van der Waals surface area (Å²) >= 11 is 6.03. The van der Waals surface area contributed by atoms with Gasteiger partial charge < -0.3 is 15.4 Å². The van der Waals surface area contributed by atoms with Gasteiger partial charge in [0, 0.05) is 16.2 Å². The molecule has 0 fully saturated rings. The molecule has 7 nitrogen and oxygen atoms in total. The van der Waals surface area contributed by atoms with Crippen LogP contribution in [0.25, 0.3) is 0 Å². The van der Waals surface area contributed by atoms with Crippen LogP contribution >= 0.6 is 38.6 Å². The van der Waals surface area contributed by atoms with Crippen LogP contribution in [0.5, 0.6) is 0 Å². The molecule has 5 rings (SSSR count). The first-order valence-corrected chi connectivity index (χ1v) is 15.6. The zero-order chi connectivity index (χ0) is 29.0. The lowest BCUT2D eigenvalue weighted by molar-refractivity contribution is -0.173. The third-order valence-corrected chi connectivity index (χ3v) is 10.5. The minimum absolute atomic E-state index is 0.0819. The molecule has 1 amide bonds. The molecule has 4 heterocycles. The van der Waals surface area contributed by atoms with Gasteiger partial charge >= 0.3 is 12.1 Å². The highest BCUT2D eigenvalue weighted by atomic mass is 79.9. The molecule has 3 aromatic heterocycles. The molecule has 0 aromatic carbocycles. The molecule has 2 aliphatic rings. The van der Waals surface area contributed by atoms with Crippen molar-refractivity contribution in [2.24, 2.45) is 11.3 Å². The van der Waals surface area contributed by atoms with Crippen LogP contribution in [0.15, 0.2) is 22.0 Å². The minimum atomic E-state index is -4.57. The summed E-state index contributed by atoms with van der Waals surface area (Å²) in [5.41, 5.74) is 1.09. The van der Waals surface area contributed by atoms with Crippen LogP contribution in [0.3, 0.4) is 0 Å². The van der Waals surface area contributed by atoms with Gasteiger partial charge in [-0.15, -0.1) is 22.7 Å². The number of halogens is 4. The van der Waals surface area contributed by atoms with Crippen LogP contribution in [0, 0.1) is 11.3 Å². The third kappa shape index (κ3) is 5.44. The Morgan fingerprint density at radius 2 is 2.05 bits per heavy atom. The van der Waals surface area contributed by atoms with Crippen LogP contribution < -0.4 is 10.6 Å². The van der Waals surface area contributed by atoms with Crippen LogP contribution in [-0.2, 0) is 17.6 Å². The maximum absolute atomic E-state index is 14.1. The first-order valence-electron chi connectivity index (χ1n) is 13.1. The maximum atomic E-state index is 14.1. The Balaban J connectivity index is 1.49. The zero-order valence-electron chi connectivity index (χ0n) is 22.4. The lowest BCUT2D eigenvalue weighted by Gasteiger charge is -2.33. The number of alkyl halides is 3. The van der Waals surface area contributed by atoms with Crippen molar-refractivity contribution >= 4 is 61.3 Å². The number of anilines is 2. The molecule has 2 N–H and O–H groups in total. The van der Waals surface area contributed by atoms with Gasteiger partial charge in [0.15, 0.2) is 11.7 Å². The number of ether oxygens (including phenoxy) is 1. The molecule has 1 aliphatic heterocycles. The predicted molar refractivity (Wildman–Crippen MR) is 154 cm³/mol. The molecule has 0 saturated carbocycles. The zero-order valence-corrected chi connectivity index (χ0v) is 25.7. The van der Waals surface area contributed by atoms with E-state index in [4.69, 9.17) is 4.74 Å². The van der Waals surface area contributed by atoms with Gasteiger partial charge in [-0.1, -0.05) is 26.8 Å². The molecule has 13 heteroatoms. The van der Waals surface area contributed by atoms with E-state index < -0.39 is 30.1 Å². The second-order valence-corrected chi connectivity index (χ2v) is 14.0. The Kier molecular flexibility index (Phi) is 7.86. The summed E-state index contributed by atoms with van der Waals surface area (Å²) in [6.45, 7) is 8.46. The lowest BCUT2D eigenvalue weighted by Crippen LogP contribution is -2.35. The second kappa shape index (κ2) is 10.8. The highest BCUT2D eigenvalue weighted by Crippen LogP contribution is 2.48. The Hall–Kier alpha value is -2.38. The molecule has 40 heavy (non-hydrogen) atoms. The Morgan fingerprint density at radius 1 is 1.30 bits per heavy atom. The SMILES string of the molecule is CCOC(=O)c1c(NC(=O)c2nn3c(c2Br)N[C@@H](c2cccs2)C[C@H]3C(F)(F)F)sc2c1CC[C@@H](C(C)(C)C)C2. The fourth-order valence-electron chi connectivity index (χ4n) is 5.41. The number of esters is 1. The van der Waals surface area contributed by atoms with Gasteiger partial charge in [0.2, 0.25) is 0 Å². The van der Waals surface area contributed by atoms with Gasteiger partial charge in [-0.2, -0.15) is 18.3 Å². The average Bonchev–Trinajstić information content (AvgIpc) is 3.60. The summed E-state index contributed by atoms with van der Waals surface area (Å²) < 4.78 is 48.7. The van der Waals surface area contributed by atoms with Crippen molar-refractivity contribution in [2.75, 3.05) is 17.2 Å². The van der Waals surface area contributed by atoms with E-state index in [1.54, 1.807) is 19.1 Å². The fourth-order valence-corrected chi connectivity index (χ4v) is 8.06. The number of aromatic nitrogens is 2. The quantitative estimate of drug-likeness (QED) is 0.271. The highest BCUT2D eigenvalue weighted by Gasteiger charge is 2.48. The number of hydrogen-bond acceptors (Lipinski definition) is 7. The lowest BCUT2D eigenvalue weighted by atomic mass is 9.72. The highest BCUT2D eigenvalue weighted by molar-refractivity contribution is 9.10. The van der Waals surface area contributed by atoms with Gasteiger partial charge in [-0.25, -0.2) is 9.48 Å². The second-order valence-electron chi connectivity index (χ2n) is 11.1. The van der Waals surface area contributed by atoms with Crippen molar-refractivity contribution in [2.45, 2.75) is 71.6 Å². The van der Waals surface area contributed by atoms with Crippen molar-refractivity contribution in [3.63, 3.8) is 0 Å². The van der Waals surface area contributed by atoms with E-state index in [9.17, 15) is 22.8 Å². The molecule has 0 spiro atoms. The molecule has 3 atom stereocenters. The van der Waals surface area contributed by atoms with Gasteiger partial charge in [0.05, 0.1) is 22.7 Å². The number of thiophene rings is 2. The number of rotatable bonds is 5. The molecule has 0 radical (unpaired) electrons. The van der Waals surface area contributed by atoms with Crippen LogP contribution in [0.2, 0.25) is 0 Å². The summed E-state index contributed by atoms with van der Waals surface area (Å²) in [5, 5.41) is 12.2. The Bertz CT molecular complexity index is 1430. The van der Waals surface area contributed by atoms with Crippen LogP contribution in [0.1, 0.15) is 88.8 Å². The van der Waals surface area contributed by atoms with Gasteiger partial charge in [-0.3, -0.25) is 4.79 Å². The first kappa shape index (κ1) is 29.1. The summed E-state index contributed by atoms with van der Waals surface area (Å²) in [4.78, 5) is 28.3. The number of carbonyl (C=O) groups is 2. The maximum Gasteiger partial charge on any atom is 0.410 e. The molecular formula is C27H30BrF3N4O3S2. The molecule has 0 unspecified atom stereocenters. The molecule has 216 valence electrons. The van der Waals surface area contributed by atoms with Gasteiger partial charge in [-0.05, 0) is 70.5 Å². The summed E-state index contributed by atoms with van der Waals surface area (Å²) in [6, 6.07) is 1.07. The van der Waals surface area contributed by atoms with E-state index in [-0.39, 0.29) is 34.4 Å². The smallest absolute Gasteiger partial charge is 0.410 e. The van der Waals surface area contributed by atoms with Crippen molar-refractivity contribution in [3.8, 4) is 0 Å². The average molecular weight is 660 g/mol. The monoisotopic (exact) mass is 658 g/mol. The first-order chi connectivity index (χ1) is 18.8. The fraction of sp³-hybridized carbons (Fsp3) is 0.519. The largest absolute Gasteiger partial charge is 0.462 e. The van der Waals surface area contributed by atoms with E-state index in [1.807, 2.05) is 5.38 Å². The number of nitrogens with zero attached hydrogens (tertiary/aromatic N) is 2. The number of amides is 1. The van der Waals surface area contributed by atoms with E-state index in [2.05, 4.69) is 52.4 Å². The van der Waals surface area contributed by atoms with Gasteiger partial charge in [0.25, 0.3) is 5.91 Å². The van der Waals surface area contributed by atoms with E-state index in [0.717, 1.165) is 32.8 Å². The van der Waals surface area contributed by atoms with E-state index >= 15 is 0 Å². The topological polar surface area (TPSA) is 85.2 Å². The summed E-state index contributed by atoms with van der Waals surface area (Å²) in [6.07, 6.45) is -2.47. The molecule has 0 saturated heterocycles. The predicted octanol–water partition coefficient (Wildman–Crippen LogP) is 8.01. The third-order valence-electron chi connectivity index (χ3n) is 7.59. The normalized spacial score (nSPS) is 20.9. The number of carbonyl (C=O) groups excluding carboxylic acids is 2. The van der Waals surface area contributed by atoms with Crippen molar-refractivity contribution in [1.29, 1.82) is 0 Å². The van der Waals surface area contributed by atoms with Gasteiger partial charge in [0.1, 0.15) is 10.8 Å². The Morgan fingerprint density at radius 3 is 2.67 bits per heavy atom. The standard InChI is InChI=1S/C27H30BrF3N4O3S2/c1-5-38-25(37)19-14-9-8-13(26(2,3)4)11-17(14)40-24(19)33-23(36)21-20(28)22-32-15(16-7-6-10-39-16)12-18(27(29,30)31)35(22)34-21/h6-7,10,13,15,18,32H,5,8-9,11-12H2,1-4H3,(H,33,36)/t13-,15-,18+/m1/s1. The minimum Gasteiger partial charge on any atom is -0.462 e. The van der Waals surface area contributed by atoms with E-state index in [1.165, 1.54) is 22.7 Å². The molecule has 1 aliphatic carbocycles.